The second-order valence-electron chi connectivity index (χ2n) is 6.45. The molecule has 2 N–H and O–H groups in total. The standard InChI is InChI=1S/C22H16F3N3O/c23-22(24,25)16-7-1-2-8-17(16)28-20(18-9-3-4-12-26-18)15-11-10-14-6-5-13-27-19(14)21(15)29/h1-13,20,28-29H/t20-/m1/s1. The second kappa shape index (κ2) is 7.43. The number of phenols is 1. The van der Waals surface area contributed by atoms with Gasteiger partial charge in [0.05, 0.1) is 17.3 Å². The van der Waals surface area contributed by atoms with Crippen molar-refractivity contribution in [1.82, 2.24) is 9.97 Å². The van der Waals surface area contributed by atoms with Crippen LogP contribution in [0.3, 0.4) is 0 Å². The van der Waals surface area contributed by atoms with Crippen LogP contribution in [0.2, 0.25) is 0 Å². The molecule has 4 aromatic rings. The van der Waals surface area contributed by atoms with E-state index in [1.807, 2.05) is 0 Å². The summed E-state index contributed by atoms with van der Waals surface area (Å²) in [6.07, 6.45) is -1.42. The predicted molar refractivity (Wildman–Crippen MR) is 105 cm³/mol. The lowest BCUT2D eigenvalue weighted by atomic mass is 9.98. The highest BCUT2D eigenvalue weighted by Gasteiger charge is 2.34. The molecule has 0 aliphatic heterocycles. The zero-order valence-corrected chi connectivity index (χ0v) is 15.1. The molecule has 2 aromatic carbocycles. The van der Waals surface area contributed by atoms with Gasteiger partial charge in [-0.05, 0) is 30.3 Å². The van der Waals surface area contributed by atoms with Crippen LogP contribution in [0.15, 0.2) is 79.1 Å². The normalized spacial score (nSPS) is 12.7. The first-order valence-corrected chi connectivity index (χ1v) is 8.85. The highest BCUT2D eigenvalue weighted by molar-refractivity contribution is 5.86. The summed E-state index contributed by atoms with van der Waals surface area (Å²) in [5, 5.41) is 14.5. The summed E-state index contributed by atoms with van der Waals surface area (Å²) in [5.74, 6) is -0.101. The monoisotopic (exact) mass is 395 g/mol. The highest BCUT2D eigenvalue weighted by atomic mass is 19.4. The Labute approximate surface area is 164 Å². The number of hydrogen-bond acceptors (Lipinski definition) is 4. The molecule has 0 aliphatic rings. The fraction of sp³-hybridized carbons (Fsp3) is 0.0909. The van der Waals surface area contributed by atoms with Crippen LogP contribution in [-0.4, -0.2) is 15.1 Å². The maximum atomic E-state index is 13.5. The Bertz CT molecular complexity index is 1150. The summed E-state index contributed by atoms with van der Waals surface area (Å²) in [7, 11) is 0. The molecule has 1 atom stereocenters. The van der Waals surface area contributed by atoms with Crippen molar-refractivity contribution in [3.8, 4) is 5.75 Å². The lowest BCUT2D eigenvalue weighted by Gasteiger charge is -2.23. The summed E-state index contributed by atoms with van der Waals surface area (Å²) in [6, 6.07) is 16.5. The van der Waals surface area contributed by atoms with Gasteiger partial charge in [-0.15, -0.1) is 0 Å². The number of nitrogens with zero attached hydrogens (tertiary/aromatic N) is 2. The fourth-order valence-electron chi connectivity index (χ4n) is 3.25. The van der Waals surface area contributed by atoms with Crippen LogP contribution < -0.4 is 5.32 Å². The van der Waals surface area contributed by atoms with E-state index in [0.717, 1.165) is 11.5 Å². The predicted octanol–water partition coefficient (Wildman–Crippen LogP) is 5.56. The van der Waals surface area contributed by atoms with Crippen LogP contribution in [0.4, 0.5) is 18.9 Å². The summed E-state index contributed by atoms with van der Waals surface area (Å²) < 4.78 is 40.4. The number of aromatic nitrogens is 2. The van der Waals surface area contributed by atoms with Gasteiger partial charge in [0.25, 0.3) is 0 Å². The average Bonchev–Trinajstić information content (AvgIpc) is 2.73. The molecule has 0 saturated heterocycles. The Morgan fingerprint density at radius 3 is 2.34 bits per heavy atom. The summed E-state index contributed by atoms with van der Waals surface area (Å²) in [4.78, 5) is 8.49. The van der Waals surface area contributed by atoms with Crippen LogP contribution in [-0.2, 0) is 6.18 Å². The maximum absolute atomic E-state index is 13.5. The van der Waals surface area contributed by atoms with Gasteiger partial charge in [-0.25, -0.2) is 0 Å². The molecule has 0 radical (unpaired) electrons. The van der Waals surface area contributed by atoms with E-state index in [9.17, 15) is 18.3 Å². The Hall–Kier alpha value is -3.61. The van der Waals surface area contributed by atoms with Gasteiger partial charge >= 0.3 is 6.18 Å². The van der Waals surface area contributed by atoms with Crippen LogP contribution in [0.1, 0.15) is 22.9 Å². The van der Waals surface area contributed by atoms with E-state index in [4.69, 9.17) is 0 Å². The largest absolute Gasteiger partial charge is 0.505 e. The quantitative estimate of drug-likeness (QED) is 0.475. The average molecular weight is 395 g/mol. The third-order valence-corrected chi connectivity index (χ3v) is 4.61. The van der Waals surface area contributed by atoms with Gasteiger partial charge in [0.2, 0.25) is 0 Å². The molecule has 0 bridgehead atoms. The van der Waals surface area contributed by atoms with E-state index >= 15 is 0 Å². The SMILES string of the molecule is Oc1c([C@@H](Nc2ccccc2C(F)(F)F)c2ccccn2)ccc2cccnc12. The number of nitrogens with one attached hydrogen (secondary N) is 1. The van der Waals surface area contributed by atoms with Crippen molar-refractivity contribution >= 4 is 16.6 Å². The van der Waals surface area contributed by atoms with E-state index < -0.39 is 17.8 Å². The third-order valence-electron chi connectivity index (χ3n) is 4.61. The lowest BCUT2D eigenvalue weighted by Crippen LogP contribution is -2.17. The highest BCUT2D eigenvalue weighted by Crippen LogP contribution is 2.39. The van der Waals surface area contributed by atoms with E-state index in [-0.39, 0.29) is 11.4 Å². The molecule has 4 rings (SSSR count). The molecule has 0 fully saturated rings. The molecule has 4 nitrogen and oxygen atoms in total. The van der Waals surface area contributed by atoms with Gasteiger partial charge in [0.1, 0.15) is 11.3 Å². The van der Waals surface area contributed by atoms with Crippen LogP contribution >= 0.6 is 0 Å². The minimum atomic E-state index is -4.52. The van der Waals surface area contributed by atoms with Crippen molar-refractivity contribution in [2.45, 2.75) is 12.2 Å². The van der Waals surface area contributed by atoms with Gasteiger partial charge in [0.15, 0.2) is 0 Å². The molecule has 0 saturated carbocycles. The first kappa shape index (κ1) is 18.7. The molecule has 2 heterocycles. The number of hydrogen-bond donors (Lipinski definition) is 2. The van der Waals surface area contributed by atoms with Crippen LogP contribution in [0.5, 0.6) is 5.75 Å². The van der Waals surface area contributed by atoms with Crippen molar-refractivity contribution in [1.29, 1.82) is 0 Å². The van der Waals surface area contributed by atoms with Gasteiger partial charge in [-0.3, -0.25) is 9.97 Å². The van der Waals surface area contributed by atoms with Crippen molar-refractivity contribution in [3.05, 3.63) is 95.9 Å². The zero-order valence-electron chi connectivity index (χ0n) is 15.1. The zero-order chi connectivity index (χ0) is 20.4. The smallest absolute Gasteiger partial charge is 0.418 e. The Morgan fingerprint density at radius 2 is 1.59 bits per heavy atom. The second-order valence-corrected chi connectivity index (χ2v) is 6.45. The molecule has 2 aromatic heterocycles. The third kappa shape index (κ3) is 3.71. The van der Waals surface area contributed by atoms with Crippen molar-refractivity contribution < 1.29 is 18.3 Å². The topological polar surface area (TPSA) is 58.0 Å². The van der Waals surface area contributed by atoms with Crippen molar-refractivity contribution in [2.24, 2.45) is 0 Å². The number of para-hydroxylation sites is 1. The number of fused-ring (bicyclic) bond motifs is 1. The number of pyridine rings is 2. The van der Waals surface area contributed by atoms with Crippen LogP contribution in [0.25, 0.3) is 10.9 Å². The molecule has 7 heteroatoms. The Morgan fingerprint density at radius 1 is 0.828 bits per heavy atom. The first-order chi connectivity index (χ1) is 13.9. The number of phenolic OH excluding ortho intramolecular Hbond substituents is 1. The molecular formula is C22H16F3N3O. The molecule has 29 heavy (non-hydrogen) atoms. The lowest BCUT2D eigenvalue weighted by molar-refractivity contribution is -0.137. The molecule has 0 amide bonds. The summed E-state index contributed by atoms with van der Waals surface area (Å²) in [6.45, 7) is 0. The number of anilines is 1. The number of halogens is 3. The van der Waals surface area contributed by atoms with Crippen molar-refractivity contribution in [3.63, 3.8) is 0 Å². The van der Waals surface area contributed by atoms with Gasteiger partial charge in [0, 0.05) is 29.0 Å². The number of rotatable bonds is 4. The van der Waals surface area contributed by atoms with Gasteiger partial charge in [-0.1, -0.05) is 36.4 Å². The molecule has 146 valence electrons. The summed E-state index contributed by atoms with van der Waals surface area (Å²) in [5.41, 5.74) is 0.328. The molecule has 0 unspecified atom stereocenters. The number of aromatic hydroxyl groups is 1. The van der Waals surface area contributed by atoms with E-state index in [1.165, 1.54) is 18.2 Å². The van der Waals surface area contributed by atoms with Gasteiger partial charge < -0.3 is 10.4 Å². The molecule has 0 spiro atoms. The maximum Gasteiger partial charge on any atom is 0.418 e. The molecular weight excluding hydrogens is 379 g/mol. The minimum absolute atomic E-state index is 0.101. The van der Waals surface area contributed by atoms with E-state index in [2.05, 4.69) is 15.3 Å². The molecule has 0 aliphatic carbocycles. The fourth-order valence-corrected chi connectivity index (χ4v) is 3.25. The first-order valence-electron chi connectivity index (χ1n) is 8.85. The van der Waals surface area contributed by atoms with Gasteiger partial charge in [-0.2, -0.15) is 13.2 Å². The Balaban J connectivity index is 1.86. The Kier molecular flexibility index (Phi) is 4.80. The van der Waals surface area contributed by atoms with Crippen molar-refractivity contribution in [2.75, 3.05) is 5.32 Å². The number of benzene rings is 2. The van der Waals surface area contributed by atoms with E-state index in [1.54, 1.807) is 54.9 Å². The number of alkyl halides is 3. The summed E-state index contributed by atoms with van der Waals surface area (Å²) >= 11 is 0. The van der Waals surface area contributed by atoms with Crippen LogP contribution in [0, 0.1) is 0 Å². The van der Waals surface area contributed by atoms with E-state index in [0.29, 0.717) is 16.8 Å². The minimum Gasteiger partial charge on any atom is -0.505 e.